The van der Waals surface area contributed by atoms with Crippen LogP contribution in [0.5, 0.6) is 0 Å². The molecule has 1 heterocycles. The normalized spacial score (nSPS) is 12.9. The van der Waals surface area contributed by atoms with E-state index in [0.29, 0.717) is 5.22 Å². The van der Waals surface area contributed by atoms with E-state index in [4.69, 9.17) is 10.3 Å². The summed E-state index contributed by atoms with van der Waals surface area (Å²) < 4.78 is 5.04. The third-order valence-electron chi connectivity index (χ3n) is 1.64. The Bertz CT molecular complexity index is 287. The number of hydrazine groups is 1. The summed E-state index contributed by atoms with van der Waals surface area (Å²) in [5, 5.41) is 0.200. The number of nitrogens with one attached hydrogen (secondary N) is 1. The summed E-state index contributed by atoms with van der Waals surface area (Å²) in [6, 6.07) is 0. The van der Waals surface area contributed by atoms with Gasteiger partial charge in [-0.3, -0.25) is 10.2 Å². The minimum absolute atomic E-state index is 0.162. The predicted octanol–water partition coefficient (Wildman–Crippen LogP) is 0.781. The zero-order valence-electron chi connectivity index (χ0n) is 8.06. The lowest BCUT2D eigenvalue weighted by Crippen LogP contribution is -2.39. The van der Waals surface area contributed by atoms with E-state index in [2.05, 4.69) is 10.4 Å². The number of oxazole rings is 1. The van der Waals surface area contributed by atoms with Gasteiger partial charge >= 0.3 is 0 Å². The fraction of sp³-hybridized carbons (Fsp3) is 0.500. The highest BCUT2D eigenvalue weighted by Gasteiger charge is 2.24. The summed E-state index contributed by atoms with van der Waals surface area (Å²) in [6.45, 7) is 3.88. The molecule has 0 saturated carbocycles. The average Bonchev–Trinajstić information content (AvgIpc) is 2.65. The van der Waals surface area contributed by atoms with Crippen LogP contribution in [-0.4, -0.2) is 16.1 Å². The number of carbonyl (C=O) groups excluding carboxylic acids is 1. The van der Waals surface area contributed by atoms with E-state index in [1.807, 2.05) is 13.8 Å². The molecule has 0 fully saturated rings. The summed E-state index contributed by atoms with van der Waals surface area (Å²) in [6.07, 6.45) is 3.01. The molecule has 6 heteroatoms. The van der Waals surface area contributed by atoms with Gasteiger partial charge in [0, 0.05) is 0 Å². The van der Waals surface area contributed by atoms with E-state index in [-0.39, 0.29) is 17.1 Å². The van der Waals surface area contributed by atoms with Crippen LogP contribution in [0.15, 0.2) is 22.1 Å². The Hall–Kier alpha value is -1.01. The lowest BCUT2D eigenvalue weighted by Gasteiger charge is -2.15. The second kappa shape index (κ2) is 5.02. The number of amides is 1. The standard InChI is InChI=1S/C8H13N3O2S/c1-5(2)6(7(12)11-9)14-8-10-3-4-13-8/h3-6H,9H2,1-2H3,(H,11,12). The van der Waals surface area contributed by atoms with Crippen molar-refractivity contribution in [1.82, 2.24) is 10.4 Å². The van der Waals surface area contributed by atoms with Crippen molar-refractivity contribution in [1.29, 1.82) is 0 Å². The Morgan fingerprint density at radius 1 is 1.71 bits per heavy atom. The van der Waals surface area contributed by atoms with Crippen molar-refractivity contribution >= 4 is 17.7 Å². The highest BCUT2D eigenvalue weighted by atomic mass is 32.2. The van der Waals surface area contributed by atoms with Crippen molar-refractivity contribution < 1.29 is 9.21 Å². The van der Waals surface area contributed by atoms with Crippen LogP contribution in [0.3, 0.4) is 0 Å². The number of rotatable bonds is 4. The van der Waals surface area contributed by atoms with Gasteiger partial charge < -0.3 is 4.42 Å². The van der Waals surface area contributed by atoms with E-state index >= 15 is 0 Å². The SMILES string of the molecule is CC(C)C(Sc1ncco1)C(=O)NN. The van der Waals surface area contributed by atoms with Crippen molar-refractivity contribution in [3.8, 4) is 0 Å². The summed E-state index contributed by atoms with van der Waals surface area (Å²) in [5.41, 5.74) is 2.13. The molecule has 0 aliphatic carbocycles. The second-order valence-electron chi connectivity index (χ2n) is 3.09. The summed E-state index contributed by atoms with van der Waals surface area (Å²) in [5.74, 6) is 5.02. The van der Waals surface area contributed by atoms with E-state index in [9.17, 15) is 4.79 Å². The van der Waals surface area contributed by atoms with Crippen LogP contribution in [0.25, 0.3) is 0 Å². The van der Waals surface area contributed by atoms with Gasteiger partial charge in [-0.25, -0.2) is 10.8 Å². The number of nitrogens with two attached hydrogens (primary N) is 1. The van der Waals surface area contributed by atoms with Crippen LogP contribution in [-0.2, 0) is 4.79 Å². The molecule has 1 amide bonds. The van der Waals surface area contributed by atoms with Gasteiger partial charge in [0.15, 0.2) is 0 Å². The number of hydrogen-bond acceptors (Lipinski definition) is 5. The Morgan fingerprint density at radius 3 is 2.86 bits per heavy atom. The van der Waals surface area contributed by atoms with E-state index in [1.54, 1.807) is 6.20 Å². The van der Waals surface area contributed by atoms with Crippen LogP contribution in [0.1, 0.15) is 13.8 Å². The van der Waals surface area contributed by atoms with Gasteiger partial charge in [0.2, 0.25) is 5.91 Å². The maximum absolute atomic E-state index is 11.4. The van der Waals surface area contributed by atoms with Crippen LogP contribution in [0.4, 0.5) is 0 Å². The number of thioether (sulfide) groups is 1. The average molecular weight is 215 g/mol. The molecule has 0 aliphatic heterocycles. The first kappa shape index (κ1) is 11.1. The number of aromatic nitrogens is 1. The second-order valence-corrected chi connectivity index (χ2v) is 4.18. The van der Waals surface area contributed by atoms with E-state index in [1.165, 1.54) is 18.0 Å². The Balaban J connectivity index is 2.65. The van der Waals surface area contributed by atoms with E-state index < -0.39 is 0 Å². The third kappa shape index (κ3) is 2.74. The van der Waals surface area contributed by atoms with Gasteiger partial charge in [0.05, 0.1) is 11.4 Å². The lowest BCUT2D eigenvalue weighted by atomic mass is 10.1. The molecule has 1 aromatic heterocycles. The fourth-order valence-electron chi connectivity index (χ4n) is 0.952. The molecule has 5 nitrogen and oxygen atoms in total. The van der Waals surface area contributed by atoms with Crippen LogP contribution < -0.4 is 11.3 Å². The van der Waals surface area contributed by atoms with Crippen LogP contribution in [0.2, 0.25) is 0 Å². The highest BCUT2D eigenvalue weighted by Crippen LogP contribution is 2.26. The maximum atomic E-state index is 11.4. The zero-order chi connectivity index (χ0) is 10.6. The molecular weight excluding hydrogens is 202 g/mol. The topological polar surface area (TPSA) is 81.2 Å². The van der Waals surface area contributed by atoms with Crippen molar-refractivity contribution in [2.24, 2.45) is 11.8 Å². The minimum atomic E-state index is -0.279. The summed E-state index contributed by atoms with van der Waals surface area (Å²) in [4.78, 5) is 15.3. The molecule has 0 radical (unpaired) electrons. The first-order valence-corrected chi connectivity index (χ1v) is 5.09. The third-order valence-corrected chi connectivity index (χ3v) is 3.06. The fourth-order valence-corrected chi connectivity index (χ4v) is 1.85. The molecule has 1 rings (SSSR count). The van der Waals surface area contributed by atoms with Gasteiger partial charge in [-0.15, -0.1) is 0 Å². The van der Waals surface area contributed by atoms with Crippen molar-refractivity contribution in [2.45, 2.75) is 24.3 Å². The molecule has 0 saturated heterocycles. The molecular formula is C8H13N3O2S. The largest absolute Gasteiger partial charge is 0.440 e. The first-order valence-electron chi connectivity index (χ1n) is 4.21. The van der Waals surface area contributed by atoms with Crippen molar-refractivity contribution in [3.63, 3.8) is 0 Å². The summed E-state index contributed by atoms with van der Waals surface area (Å²) >= 11 is 1.27. The molecule has 0 bridgehead atoms. The minimum Gasteiger partial charge on any atom is -0.440 e. The monoisotopic (exact) mass is 215 g/mol. The smallest absolute Gasteiger partial charge is 0.256 e. The number of hydrogen-bond donors (Lipinski definition) is 2. The Labute approximate surface area is 86.4 Å². The van der Waals surface area contributed by atoms with Gasteiger partial charge in [-0.2, -0.15) is 0 Å². The molecule has 3 N–H and O–H groups in total. The van der Waals surface area contributed by atoms with Gasteiger partial charge in [0.1, 0.15) is 6.26 Å². The molecule has 0 spiro atoms. The molecule has 1 atom stereocenters. The molecule has 1 aromatic rings. The van der Waals surface area contributed by atoms with Gasteiger partial charge in [-0.1, -0.05) is 25.6 Å². The number of carbonyl (C=O) groups is 1. The van der Waals surface area contributed by atoms with Gasteiger partial charge in [0.25, 0.3) is 5.22 Å². The van der Waals surface area contributed by atoms with Gasteiger partial charge in [-0.05, 0) is 5.92 Å². The van der Waals surface area contributed by atoms with Crippen LogP contribution >= 0.6 is 11.8 Å². The first-order chi connectivity index (χ1) is 6.65. The molecule has 14 heavy (non-hydrogen) atoms. The molecule has 0 aliphatic rings. The Kier molecular flexibility index (Phi) is 3.97. The van der Waals surface area contributed by atoms with E-state index in [0.717, 1.165) is 0 Å². The highest BCUT2D eigenvalue weighted by molar-refractivity contribution is 8.00. The molecule has 0 aromatic carbocycles. The van der Waals surface area contributed by atoms with Crippen molar-refractivity contribution in [2.75, 3.05) is 0 Å². The van der Waals surface area contributed by atoms with Crippen LogP contribution in [0, 0.1) is 5.92 Å². The predicted molar refractivity (Wildman–Crippen MR) is 53.3 cm³/mol. The van der Waals surface area contributed by atoms with Crippen molar-refractivity contribution in [3.05, 3.63) is 12.5 Å². The lowest BCUT2D eigenvalue weighted by molar-refractivity contribution is -0.121. The maximum Gasteiger partial charge on any atom is 0.256 e. The Morgan fingerprint density at radius 2 is 2.43 bits per heavy atom. The molecule has 1 unspecified atom stereocenters. The molecule has 78 valence electrons. The zero-order valence-corrected chi connectivity index (χ0v) is 8.88. The summed E-state index contributed by atoms with van der Waals surface area (Å²) in [7, 11) is 0. The number of nitrogens with zero attached hydrogens (tertiary/aromatic N) is 1. The quantitative estimate of drug-likeness (QED) is 0.336.